The molecule has 1 saturated carbocycles. The molecule has 31 heavy (non-hydrogen) atoms. The van der Waals surface area contributed by atoms with E-state index in [0.717, 1.165) is 24.2 Å². The van der Waals surface area contributed by atoms with Crippen LogP contribution in [0.3, 0.4) is 0 Å². The van der Waals surface area contributed by atoms with Crippen molar-refractivity contribution in [1.29, 1.82) is 0 Å². The van der Waals surface area contributed by atoms with Crippen LogP contribution in [-0.4, -0.2) is 47.3 Å². The average molecular weight is 433 g/mol. The number of ether oxygens (including phenoxy) is 1. The number of hydrogen-bond donors (Lipinski definition) is 1. The number of esters is 1. The minimum absolute atomic E-state index is 0.0808. The van der Waals surface area contributed by atoms with Crippen molar-refractivity contribution in [2.75, 3.05) is 6.61 Å². The van der Waals surface area contributed by atoms with Gasteiger partial charge in [-0.2, -0.15) is 0 Å². The van der Waals surface area contributed by atoms with Gasteiger partial charge in [0.25, 0.3) is 5.91 Å². The van der Waals surface area contributed by atoms with E-state index < -0.39 is 30.5 Å². The van der Waals surface area contributed by atoms with Crippen molar-refractivity contribution in [1.82, 2.24) is 10.2 Å². The van der Waals surface area contributed by atoms with Crippen molar-refractivity contribution in [2.45, 2.75) is 78.3 Å². The normalized spacial score (nSPS) is 31.5. The van der Waals surface area contributed by atoms with Gasteiger partial charge in [0.2, 0.25) is 11.8 Å². The van der Waals surface area contributed by atoms with Crippen LogP contribution in [0.5, 0.6) is 0 Å². The number of imide groups is 1. The van der Waals surface area contributed by atoms with Crippen molar-refractivity contribution in [3.05, 3.63) is 12.2 Å². The van der Waals surface area contributed by atoms with E-state index in [1.54, 1.807) is 0 Å². The van der Waals surface area contributed by atoms with Crippen molar-refractivity contribution in [2.24, 2.45) is 29.6 Å². The predicted molar refractivity (Wildman–Crippen MR) is 116 cm³/mol. The van der Waals surface area contributed by atoms with Gasteiger partial charge in [-0.15, -0.1) is 0 Å². The zero-order valence-electron chi connectivity index (χ0n) is 19.1. The van der Waals surface area contributed by atoms with Crippen LogP contribution >= 0.6 is 0 Å². The minimum atomic E-state index is -0.980. The third-order valence-electron chi connectivity index (χ3n) is 7.22. The first kappa shape index (κ1) is 23.5. The fraction of sp³-hybridized carbons (Fsp3) is 0.750. The van der Waals surface area contributed by atoms with E-state index in [9.17, 15) is 19.2 Å². The lowest BCUT2D eigenvalue weighted by Gasteiger charge is -2.34. The van der Waals surface area contributed by atoms with E-state index in [1.807, 2.05) is 26.0 Å². The van der Waals surface area contributed by atoms with Gasteiger partial charge in [0.05, 0.1) is 11.8 Å². The van der Waals surface area contributed by atoms with Gasteiger partial charge in [-0.3, -0.25) is 19.3 Å². The fourth-order valence-corrected chi connectivity index (χ4v) is 5.15. The second-order valence-electron chi connectivity index (χ2n) is 9.90. The first-order valence-corrected chi connectivity index (χ1v) is 11.7. The number of likely N-dealkylation sites (tertiary alicyclic amines) is 1. The van der Waals surface area contributed by atoms with Gasteiger partial charge in [0, 0.05) is 6.04 Å². The quantitative estimate of drug-likeness (QED) is 0.379. The first-order chi connectivity index (χ1) is 14.7. The van der Waals surface area contributed by atoms with Gasteiger partial charge in [-0.05, 0) is 43.4 Å². The lowest BCUT2D eigenvalue weighted by Crippen LogP contribution is -2.48. The second-order valence-corrected chi connectivity index (χ2v) is 9.90. The van der Waals surface area contributed by atoms with E-state index in [2.05, 4.69) is 19.2 Å². The maximum Gasteiger partial charge on any atom is 0.329 e. The van der Waals surface area contributed by atoms with Crippen LogP contribution in [0.4, 0.5) is 0 Å². The van der Waals surface area contributed by atoms with Crippen LogP contribution in [0.15, 0.2) is 12.2 Å². The molecule has 6 unspecified atom stereocenters. The number of hydrogen-bond acceptors (Lipinski definition) is 5. The molecular formula is C24H36N2O5. The summed E-state index contributed by atoms with van der Waals surface area (Å²) in [6.45, 7) is 7.79. The van der Waals surface area contributed by atoms with E-state index in [-0.39, 0.29) is 29.7 Å². The topological polar surface area (TPSA) is 92.8 Å². The zero-order chi connectivity index (χ0) is 22.7. The Morgan fingerprint density at radius 1 is 1.10 bits per heavy atom. The smallest absolute Gasteiger partial charge is 0.329 e. The van der Waals surface area contributed by atoms with Gasteiger partial charge in [0.15, 0.2) is 6.61 Å². The van der Waals surface area contributed by atoms with E-state index in [1.165, 1.54) is 0 Å². The van der Waals surface area contributed by atoms with E-state index >= 15 is 0 Å². The molecule has 1 saturated heterocycles. The summed E-state index contributed by atoms with van der Waals surface area (Å²) >= 11 is 0. The molecule has 0 aromatic rings. The standard InChI is InChI=1S/C24H36N2O5/c1-14(2)12-20(26-22(28)17-9-5-6-10-18(17)23(26)29)24(30)31-13-21(27)25-19-11-7-8-15(3)16(19)4/h5-6,14-20H,7-13H2,1-4H3,(H,25,27). The van der Waals surface area contributed by atoms with E-state index in [0.29, 0.717) is 31.1 Å². The molecule has 2 fully saturated rings. The van der Waals surface area contributed by atoms with Gasteiger partial charge >= 0.3 is 5.97 Å². The molecule has 1 N–H and O–H groups in total. The highest BCUT2D eigenvalue weighted by Gasteiger charge is 2.51. The molecule has 7 nitrogen and oxygen atoms in total. The van der Waals surface area contributed by atoms with Crippen molar-refractivity contribution >= 4 is 23.7 Å². The van der Waals surface area contributed by atoms with Gasteiger partial charge in [0.1, 0.15) is 6.04 Å². The number of nitrogens with one attached hydrogen (secondary N) is 1. The summed E-state index contributed by atoms with van der Waals surface area (Å²) in [5.41, 5.74) is 0. The second kappa shape index (κ2) is 9.96. The van der Waals surface area contributed by atoms with Gasteiger partial charge in [-0.25, -0.2) is 4.79 Å². The Hall–Kier alpha value is -2.18. The fourth-order valence-electron chi connectivity index (χ4n) is 5.15. The molecule has 7 heteroatoms. The Morgan fingerprint density at radius 3 is 2.29 bits per heavy atom. The van der Waals surface area contributed by atoms with Gasteiger partial charge < -0.3 is 10.1 Å². The first-order valence-electron chi connectivity index (χ1n) is 11.7. The summed E-state index contributed by atoms with van der Waals surface area (Å²) in [6, 6.07) is -0.897. The van der Waals surface area contributed by atoms with Crippen molar-refractivity contribution in [3.63, 3.8) is 0 Å². The number of allylic oxidation sites excluding steroid dienone is 2. The molecule has 0 aromatic carbocycles. The van der Waals surface area contributed by atoms with Crippen molar-refractivity contribution in [3.8, 4) is 0 Å². The molecule has 0 aromatic heterocycles. The maximum absolute atomic E-state index is 12.9. The Labute approximate surface area is 184 Å². The van der Waals surface area contributed by atoms with Crippen molar-refractivity contribution < 1.29 is 23.9 Å². The van der Waals surface area contributed by atoms with Crippen LogP contribution < -0.4 is 5.32 Å². The molecular weight excluding hydrogens is 396 g/mol. The lowest BCUT2D eigenvalue weighted by molar-refractivity contribution is -0.161. The lowest BCUT2D eigenvalue weighted by atomic mass is 9.78. The Bertz CT molecular complexity index is 720. The molecule has 0 bridgehead atoms. The largest absolute Gasteiger partial charge is 0.454 e. The number of rotatable bonds is 7. The summed E-state index contributed by atoms with van der Waals surface area (Å²) in [5, 5.41) is 2.99. The summed E-state index contributed by atoms with van der Waals surface area (Å²) in [6.07, 6.45) is 8.37. The molecule has 3 aliphatic rings. The highest BCUT2D eigenvalue weighted by Crippen LogP contribution is 2.37. The van der Waals surface area contributed by atoms with Crippen LogP contribution in [0, 0.1) is 29.6 Å². The Morgan fingerprint density at radius 2 is 1.71 bits per heavy atom. The summed E-state index contributed by atoms with van der Waals surface area (Å²) in [4.78, 5) is 52.3. The SMILES string of the molecule is CC(C)CC(C(=O)OCC(=O)NC1CCCC(C)C1C)N1C(=O)C2CC=CCC2C1=O. The summed E-state index contributed by atoms with van der Waals surface area (Å²) in [5.74, 6) is -1.39. The molecule has 0 spiro atoms. The summed E-state index contributed by atoms with van der Waals surface area (Å²) < 4.78 is 5.32. The summed E-state index contributed by atoms with van der Waals surface area (Å²) in [7, 11) is 0. The Balaban J connectivity index is 1.62. The molecule has 0 radical (unpaired) electrons. The van der Waals surface area contributed by atoms with Crippen LogP contribution in [-0.2, 0) is 23.9 Å². The molecule has 3 amide bonds. The van der Waals surface area contributed by atoms with Crippen LogP contribution in [0.1, 0.15) is 66.2 Å². The van der Waals surface area contributed by atoms with E-state index in [4.69, 9.17) is 4.74 Å². The Kier molecular flexibility index (Phi) is 7.55. The third-order valence-corrected chi connectivity index (χ3v) is 7.22. The monoisotopic (exact) mass is 432 g/mol. The number of carbonyl (C=O) groups excluding carboxylic acids is 4. The molecule has 3 rings (SSSR count). The van der Waals surface area contributed by atoms with Crippen LogP contribution in [0.25, 0.3) is 0 Å². The molecule has 2 aliphatic carbocycles. The number of amides is 3. The predicted octanol–water partition coefficient (Wildman–Crippen LogP) is 2.84. The number of fused-ring (bicyclic) bond motifs is 1. The van der Waals surface area contributed by atoms with Crippen LogP contribution in [0.2, 0.25) is 0 Å². The number of nitrogens with zero attached hydrogens (tertiary/aromatic N) is 1. The third kappa shape index (κ3) is 5.18. The molecule has 1 aliphatic heterocycles. The highest BCUT2D eigenvalue weighted by molar-refractivity contribution is 6.08. The average Bonchev–Trinajstić information content (AvgIpc) is 2.98. The maximum atomic E-state index is 12.9. The van der Waals surface area contributed by atoms with Gasteiger partial charge in [-0.1, -0.05) is 52.7 Å². The molecule has 172 valence electrons. The number of carbonyl (C=O) groups is 4. The molecule has 6 atom stereocenters. The zero-order valence-corrected chi connectivity index (χ0v) is 19.1. The highest BCUT2D eigenvalue weighted by atomic mass is 16.5. The molecule has 1 heterocycles. The minimum Gasteiger partial charge on any atom is -0.454 e.